The number of hydrogen-bond donors (Lipinski definition) is 0. The maximum atomic E-state index is 12.8. The van der Waals surface area contributed by atoms with Crippen molar-refractivity contribution in [2.24, 2.45) is 0 Å². The molecule has 4 rings (SSSR count). The minimum absolute atomic E-state index is 0.148. The molecule has 4 amide bonds. The second kappa shape index (κ2) is 5.84. The summed E-state index contributed by atoms with van der Waals surface area (Å²) < 4.78 is 0. The molecule has 0 saturated carbocycles. The number of anilines is 1. The summed E-state index contributed by atoms with van der Waals surface area (Å²) in [5.41, 5.74) is 0.345. The van der Waals surface area contributed by atoms with Crippen LogP contribution in [-0.2, 0) is 9.59 Å². The number of rotatable bonds is 3. The van der Waals surface area contributed by atoms with Crippen molar-refractivity contribution in [1.29, 1.82) is 0 Å². The topological polar surface area (TPSA) is 118 Å². The SMILES string of the molecule is O=C1CC(N2C(=O)c3ccccc3C2=O)C(=O)N1c1ccc([N+](=O)[O-])cc1. The van der Waals surface area contributed by atoms with Crippen LogP contribution in [0.15, 0.2) is 48.5 Å². The first-order valence-electron chi connectivity index (χ1n) is 7.98. The summed E-state index contributed by atoms with van der Waals surface area (Å²) >= 11 is 0. The molecule has 2 aliphatic heterocycles. The first-order valence-corrected chi connectivity index (χ1v) is 7.98. The van der Waals surface area contributed by atoms with Gasteiger partial charge in [-0.2, -0.15) is 0 Å². The molecule has 0 N–H and O–H groups in total. The summed E-state index contributed by atoms with van der Waals surface area (Å²) in [6.45, 7) is 0. The van der Waals surface area contributed by atoms with E-state index in [1.807, 2.05) is 0 Å². The third kappa shape index (κ3) is 2.40. The van der Waals surface area contributed by atoms with Crippen LogP contribution in [-0.4, -0.2) is 39.5 Å². The zero-order valence-corrected chi connectivity index (χ0v) is 13.7. The van der Waals surface area contributed by atoms with E-state index in [-0.39, 0.29) is 28.9 Å². The fraction of sp³-hybridized carbons (Fsp3) is 0.111. The molecule has 1 atom stereocenters. The van der Waals surface area contributed by atoms with Crippen LogP contribution in [0.2, 0.25) is 0 Å². The third-order valence-corrected chi connectivity index (χ3v) is 4.58. The molecule has 1 saturated heterocycles. The van der Waals surface area contributed by atoms with Gasteiger partial charge in [0.25, 0.3) is 23.4 Å². The van der Waals surface area contributed by atoms with Crippen LogP contribution in [0.1, 0.15) is 27.1 Å². The van der Waals surface area contributed by atoms with Crippen molar-refractivity contribution >= 4 is 35.0 Å². The Labute approximate surface area is 151 Å². The van der Waals surface area contributed by atoms with E-state index in [0.717, 1.165) is 9.80 Å². The van der Waals surface area contributed by atoms with Crippen LogP contribution in [0.3, 0.4) is 0 Å². The van der Waals surface area contributed by atoms with Crippen molar-refractivity contribution in [3.8, 4) is 0 Å². The number of nitrogens with zero attached hydrogens (tertiary/aromatic N) is 3. The Balaban J connectivity index is 1.65. The molecule has 2 aromatic carbocycles. The molecule has 134 valence electrons. The van der Waals surface area contributed by atoms with Crippen molar-refractivity contribution in [3.05, 3.63) is 69.8 Å². The molecular weight excluding hydrogens is 354 g/mol. The number of nitro benzene ring substituents is 1. The molecule has 2 aliphatic rings. The summed E-state index contributed by atoms with van der Waals surface area (Å²) in [5, 5.41) is 10.7. The number of carbonyl (C=O) groups excluding carboxylic acids is 4. The Morgan fingerprint density at radius 1 is 0.889 bits per heavy atom. The second-order valence-corrected chi connectivity index (χ2v) is 6.09. The van der Waals surface area contributed by atoms with Crippen molar-refractivity contribution in [1.82, 2.24) is 4.90 Å². The van der Waals surface area contributed by atoms with Gasteiger partial charge in [-0.3, -0.25) is 34.2 Å². The fourth-order valence-electron chi connectivity index (χ4n) is 3.30. The van der Waals surface area contributed by atoms with Crippen LogP contribution >= 0.6 is 0 Å². The highest BCUT2D eigenvalue weighted by atomic mass is 16.6. The zero-order valence-electron chi connectivity index (χ0n) is 13.7. The van der Waals surface area contributed by atoms with Crippen LogP contribution in [0.25, 0.3) is 0 Å². The van der Waals surface area contributed by atoms with Crippen LogP contribution < -0.4 is 4.90 Å². The van der Waals surface area contributed by atoms with Gasteiger partial charge in [0.15, 0.2) is 0 Å². The normalized spacial score (nSPS) is 19.0. The second-order valence-electron chi connectivity index (χ2n) is 6.09. The molecule has 0 radical (unpaired) electrons. The van der Waals surface area contributed by atoms with Crippen LogP contribution in [0.4, 0.5) is 11.4 Å². The van der Waals surface area contributed by atoms with Crippen molar-refractivity contribution < 1.29 is 24.1 Å². The summed E-state index contributed by atoms with van der Waals surface area (Å²) in [5.74, 6) is -2.54. The Morgan fingerprint density at radius 2 is 1.44 bits per heavy atom. The lowest BCUT2D eigenvalue weighted by atomic mass is 10.1. The Bertz CT molecular complexity index is 995. The highest BCUT2D eigenvalue weighted by molar-refractivity contribution is 6.28. The minimum Gasteiger partial charge on any atom is -0.274 e. The van der Waals surface area contributed by atoms with Gasteiger partial charge in [0.1, 0.15) is 6.04 Å². The quantitative estimate of drug-likeness (QED) is 0.462. The lowest BCUT2D eigenvalue weighted by molar-refractivity contribution is -0.384. The monoisotopic (exact) mass is 365 g/mol. The Hall–Kier alpha value is -3.88. The first kappa shape index (κ1) is 16.6. The first-order chi connectivity index (χ1) is 12.9. The van der Waals surface area contributed by atoms with E-state index in [0.29, 0.717) is 0 Å². The summed E-state index contributed by atoms with van der Waals surface area (Å²) in [6, 6.07) is 9.86. The number of carbonyl (C=O) groups is 4. The van der Waals surface area contributed by atoms with Gasteiger partial charge in [0.05, 0.1) is 28.2 Å². The van der Waals surface area contributed by atoms with Gasteiger partial charge < -0.3 is 0 Å². The average Bonchev–Trinajstić information content (AvgIpc) is 3.08. The van der Waals surface area contributed by atoms with E-state index in [1.54, 1.807) is 12.1 Å². The summed E-state index contributed by atoms with van der Waals surface area (Å²) in [6.07, 6.45) is -0.332. The van der Waals surface area contributed by atoms with E-state index in [2.05, 4.69) is 0 Å². The number of benzene rings is 2. The lowest BCUT2D eigenvalue weighted by Gasteiger charge is -2.20. The standard InChI is InChI=1S/C18H11N3O6/c22-15-9-14(20-16(23)12-3-1-2-4-13(12)17(20)24)18(25)19(15)10-5-7-11(8-6-10)21(26)27/h1-8,14H,9H2. The lowest BCUT2D eigenvalue weighted by Crippen LogP contribution is -2.45. The molecular formula is C18H11N3O6. The Kier molecular flexibility index (Phi) is 3.58. The average molecular weight is 365 g/mol. The summed E-state index contributed by atoms with van der Waals surface area (Å²) in [7, 11) is 0. The smallest absolute Gasteiger partial charge is 0.269 e. The number of non-ortho nitro benzene ring substituents is 1. The number of hydrogen-bond acceptors (Lipinski definition) is 6. The van der Waals surface area contributed by atoms with E-state index < -0.39 is 34.6 Å². The molecule has 0 bridgehead atoms. The maximum Gasteiger partial charge on any atom is 0.269 e. The molecule has 0 aliphatic carbocycles. The molecule has 1 unspecified atom stereocenters. The van der Waals surface area contributed by atoms with Crippen LogP contribution in [0, 0.1) is 10.1 Å². The van der Waals surface area contributed by atoms with Gasteiger partial charge in [0, 0.05) is 12.1 Å². The van der Waals surface area contributed by atoms with Gasteiger partial charge in [0.2, 0.25) is 5.91 Å². The van der Waals surface area contributed by atoms with E-state index in [4.69, 9.17) is 0 Å². The van der Waals surface area contributed by atoms with Gasteiger partial charge in [-0.1, -0.05) is 12.1 Å². The molecule has 2 aromatic rings. The van der Waals surface area contributed by atoms with Crippen molar-refractivity contribution in [2.45, 2.75) is 12.5 Å². The van der Waals surface area contributed by atoms with Gasteiger partial charge in [-0.15, -0.1) is 0 Å². The number of amides is 4. The molecule has 9 heteroatoms. The molecule has 1 fully saturated rings. The largest absolute Gasteiger partial charge is 0.274 e. The highest BCUT2D eigenvalue weighted by Crippen LogP contribution is 2.32. The van der Waals surface area contributed by atoms with Gasteiger partial charge >= 0.3 is 0 Å². The number of imide groups is 2. The van der Waals surface area contributed by atoms with Crippen molar-refractivity contribution in [3.63, 3.8) is 0 Å². The minimum atomic E-state index is -1.24. The maximum absolute atomic E-state index is 12.8. The van der Waals surface area contributed by atoms with E-state index >= 15 is 0 Å². The number of fused-ring (bicyclic) bond motifs is 1. The zero-order chi connectivity index (χ0) is 19.3. The fourth-order valence-corrected chi connectivity index (χ4v) is 3.30. The van der Waals surface area contributed by atoms with Gasteiger partial charge in [-0.05, 0) is 24.3 Å². The number of nitro groups is 1. The van der Waals surface area contributed by atoms with E-state index in [1.165, 1.54) is 36.4 Å². The van der Waals surface area contributed by atoms with E-state index in [9.17, 15) is 29.3 Å². The molecule has 27 heavy (non-hydrogen) atoms. The molecule has 0 spiro atoms. The van der Waals surface area contributed by atoms with Crippen LogP contribution in [0.5, 0.6) is 0 Å². The highest BCUT2D eigenvalue weighted by Gasteiger charge is 2.50. The molecule has 9 nitrogen and oxygen atoms in total. The molecule has 2 heterocycles. The third-order valence-electron chi connectivity index (χ3n) is 4.58. The predicted molar refractivity (Wildman–Crippen MR) is 90.9 cm³/mol. The molecule has 0 aromatic heterocycles. The predicted octanol–water partition coefficient (Wildman–Crippen LogP) is 1.52. The summed E-state index contributed by atoms with van der Waals surface area (Å²) in [4.78, 5) is 62.1. The van der Waals surface area contributed by atoms with Crippen molar-refractivity contribution in [2.75, 3.05) is 4.90 Å². The Morgan fingerprint density at radius 3 is 1.96 bits per heavy atom. The van der Waals surface area contributed by atoms with Gasteiger partial charge in [-0.25, -0.2) is 4.90 Å².